The third-order valence-corrected chi connectivity index (χ3v) is 4.70. The van der Waals surface area contributed by atoms with E-state index in [1.54, 1.807) is 11.4 Å². The van der Waals surface area contributed by atoms with E-state index in [1.165, 1.54) is 0 Å². The van der Waals surface area contributed by atoms with Crippen LogP contribution in [0.2, 0.25) is 0 Å². The molecular weight excluding hydrogens is 335 g/mol. The summed E-state index contributed by atoms with van der Waals surface area (Å²) < 4.78 is 38.4. The SMILES string of the molecule is O=C(c1sccc1Br)N1CCC(O)(C(F)(F)F)C1. The molecule has 0 saturated carbocycles. The second kappa shape index (κ2) is 4.50. The molecule has 0 aromatic carbocycles. The van der Waals surface area contributed by atoms with E-state index in [9.17, 15) is 23.1 Å². The first-order valence-electron chi connectivity index (χ1n) is 5.06. The fourth-order valence-corrected chi connectivity index (χ4v) is 3.30. The summed E-state index contributed by atoms with van der Waals surface area (Å²) >= 11 is 4.31. The maximum Gasteiger partial charge on any atom is 0.419 e. The topological polar surface area (TPSA) is 40.5 Å². The van der Waals surface area contributed by atoms with Gasteiger partial charge in [0, 0.05) is 17.4 Å². The Kier molecular flexibility index (Phi) is 3.46. The van der Waals surface area contributed by atoms with Gasteiger partial charge in [0.1, 0.15) is 4.88 Å². The smallest absolute Gasteiger partial charge is 0.379 e. The van der Waals surface area contributed by atoms with Gasteiger partial charge in [0.25, 0.3) is 5.91 Å². The van der Waals surface area contributed by atoms with Gasteiger partial charge < -0.3 is 10.0 Å². The molecule has 0 aliphatic carbocycles. The summed E-state index contributed by atoms with van der Waals surface area (Å²) in [7, 11) is 0. The second-order valence-electron chi connectivity index (χ2n) is 4.10. The van der Waals surface area contributed by atoms with Gasteiger partial charge in [-0.3, -0.25) is 4.79 Å². The number of halogens is 4. The minimum absolute atomic E-state index is 0.0980. The summed E-state index contributed by atoms with van der Waals surface area (Å²) in [6.07, 6.45) is -5.19. The van der Waals surface area contributed by atoms with Gasteiger partial charge in [0.05, 0.1) is 6.54 Å². The van der Waals surface area contributed by atoms with Crippen molar-refractivity contribution in [3.63, 3.8) is 0 Å². The lowest BCUT2D eigenvalue weighted by Crippen LogP contribution is -2.48. The molecule has 18 heavy (non-hydrogen) atoms. The number of thiophene rings is 1. The number of hydrogen-bond donors (Lipinski definition) is 1. The monoisotopic (exact) mass is 343 g/mol. The summed E-state index contributed by atoms with van der Waals surface area (Å²) in [6.45, 7) is -0.807. The van der Waals surface area contributed by atoms with E-state index in [0.29, 0.717) is 9.35 Å². The van der Waals surface area contributed by atoms with Crippen molar-refractivity contribution in [1.82, 2.24) is 4.90 Å². The number of alkyl halides is 3. The molecular formula is C10H9BrF3NO2S. The molecule has 1 atom stereocenters. The van der Waals surface area contributed by atoms with Crippen molar-refractivity contribution in [3.8, 4) is 0 Å². The van der Waals surface area contributed by atoms with Gasteiger partial charge >= 0.3 is 6.18 Å². The standard InChI is InChI=1S/C10H9BrF3NO2S/c11-6-1-4-18-7(6)8(16)15-3-2-9(17,5-15)10(12,13)14/h1,4,17H,2-3,5H2. The summed E-state index contributed by atoms with van der Waals surface area (Å²) in [5.74, 6) is -0.489. The second-order valence-corrected chi connectivity index (χ2v) is 5.87. The summed E-state index contributed by atoms with van der Waals surface area (Å²) in [5, 5.41) is 11.2. The highest BCUT2D eigenvalue weighted by atomic mass is 79.9. The Morgan fingerprint density at radius 3 is 2.67 bits per heavy atom. The first-order chi connectivity index (χ1) is 8.24. The summed E-state index contributed by atoms with van der Waals surface area (Å²) in [4.78, 5) is 13.4. The van der Waals surface area contributed by atoms with Crippen LogP contribution in [0.5, 0.6) is 0 Å². The van der Waals surface area contributed by atoms with Gasteiger partial charge in [-0.1, -0.05) is 0 Å². The van der Waals surface area contributed by atoms with E-state index in [1.807, 2.05) is 0 Å². The third-order valence-electron chi connectivity index (χ3n) is 2.87. The fourth-order valence-electron chi connectivity index (χ4n) is 1.79. The minimum Gasteiger partial charge on any atom is -0.379 e. The first-order valence-corrected chi connectivity index (χ1v) is 6.73. The van der Waals surface area contributed by atoms with E-state index in [-0.39, 0.29) is 6.54 Å². The molecule has 1 aliphatic rings. The van der Waals surface area contributed by atoms with Crippen LogP contribution in [0.4, 0.5) is 13.2 Å². The Morgan fingerprint density at radius 1 is 1.56 bits per heavy atom. The number of nitrogens with zero attached hydrogens (tertiary/aromatic N) is 1. The molecule has 1 aromatic heterocycles. The van der Waals surface area contributed by atoms with Gasteiger partial charge in [-0.15, -0.1) is 11.3 Å². The zero-order valence-electron chi connectivity index (χ0n) is 9.00. The van der Waals surface area contributed by atoms with Crippen molar-refractivity contribution in [1.29, 1.82) is 0 Å². The average molecular weight is 344 g/mol. The number of likely N-dealkylation sites (tertiary alicyclic amines) is 1. The molecule has 1 fully saturated rings. The molecule has 2 rings (SSSR count). The maximum absolute atomic E-state index is 12.6. The van der Waals surface area contributed by atoms with Crippen molar-refractivity contribution in [2.45, 2.75) is 18.2 Å². The van der Waals surface area contributed by atoms with Gasteiger partial charge in [0.2, 0.25) is 0 Å². The fraction of sp³-hybridized carbons (Fsp3) is 0.500. The lowest BCUT2D eigenvalue weighted by molar-refractivity contribution is -0.253. The van der Waals surface area contributed by atoms with Crippen LogP contribution >= 0.6 is 27.3 Å². The Balaban J connectivity index is 2.15. The normalized spacial score (nSPS) is 24.6. The highest BCUT2D eigenvalue weighted by molar-refractivity contribution is 9.10. The predicted molar refractivity (Wildman–Crippen MR) is 63.5 cm³/mol. The van der Waals surface area contributed by atoms with E-state index in [4.69, 9.17) is 0 Å². The number of rotatable bonds is 1. The lowest BCUT2D eigenvalue weighted by atomic mass is 10.0. The Hall–Kier alpha value is -0.600. The predicted octanol–water partition coefficient (Wildman–Crippen LogP) is 2.65. The van der Waals surface area contributed by atoms with Crippen LogP contribution in [0.25, 0.3) is 0 Å². The van der Waals surface area contributed by atoms with Gasteiger partial charge in [-0.05, 0) is 27.4 Å². The Bertz CT molecular complexity index is 476. The molecule has 0 spiro atoms. The lowest BCUT2D eigenvalue weighted by Gasteiger charge is -2.25. The van der Waals surface area contributed by atoms with Crippen LogP contribution in [0.3, 0.4) is 0 Å². The molecule has 2 heterocycles. The van der Waals surface area contributed by atoms with Crippen molar-refractivity contribution < 1.29 is 23.1 Å². The Labute approximate surface area is 113 Å². The molecule has 3 nitrogen and oxygen atoms in total. The molecule has 1 saturated heterocycles. The molecule has 1 unspecified atom stereocenters. The number of hydrogen-bond acceptors (Lipinski definition) is 3. The van der Waals surface area contributed by atoms with E-state index >= 15 is 0 Å². The van der Waals surface area contributed by atoms with E-state index in [0.717, 1.165) is 16.2 Å². The molecule has 1 aromatic rings. The molecule has 0 bridgehead atoms. The highest BCUT2D eigenvalue weighted by Crippen LogP contribution is 2.38. The number of carbonyl (C=O) groups excluding carboxylic acids is 1. The molecule has 100 valence electrons. The zero-order chi connectivity index (χ0) is 13.6. The molecule has 8 heteroatoms. The van der Waals surface area contributed by atoms with Crippen LogP contribution in [-0.4, -0.2) is 40.8 Å². The van der Waals surface area contributed by atoms with Crippen molar-refractivity contribution in [2.24, 2.45) is 0 Å². The largest absolute Gasteiger partial charge is 0.419 e. The maximum atomic E-state index is 12.6. The van der Waals surface area contributed by atoms with Crippen molar-refractivity contribution >= 4 is 33.2 Å². The zero-order valence-corrected chi connectivity index (χ0v) is 11.4. The van der Waals surface area contributed by atoms with Crippen molar-refractivity contribution in [3.05, 3.63) is 20.8 Å². The Morgan fingerprint density at radius 2 is 2.22 bits per heavy atom. The number of amides is 1. The van der Waals surface area contributed by atoms with Crippen LogP contribution < -0.4 is 0 Å². The quantitative estimate of drug-likeness (QED) is 0.851. The van der Waals surface area contributed by atoms with E-state index in [2.05, 4.69) is 15.9 Å². The van der Waals surface area contributed by atoms with Crippen LogP contribution in [-0.2, 0) is 0 Å². The van der Waals surface area contributed by atoms with Crippen LogP contribution in [0.1, 0.15) is 16.1 Å². The van der Waals surface area contributed by atoms with Crippen LogP contribution in [0.15, 0.2) is 15.9 Å². The first kappa shape index (κ1) is 13.8. The number of β-amino-alcohol motifs (C(OH)–C–C–N with tert-alkyl or cyclic N) is 1. The summed E-state index contributed by atoms with van der Waals surface area (Å²) in [5.41, 5.74) is -2.79. The number of carbonyl (C=O) groups is 1. The number of aliphatic hydroxyl groups is 1. The third kappa shape index (κ3) is 2.28. The summed E-state index contributed by atoms with van der Waals surface area (Å²) in [6, 6.07) is 1.66. The van der Waals surface area contributed by atoms with Gasteiger partial charge in [-0.25, -0.2) is 0 Å². The molecule has 1 aliphatic heterocycles. The molecule has 1 amide bonds. The minimum atomic E-state index is -4.71. The average Bonchev–Trinajstić information content (AvgIpc) is 2.83. The van der Waals surface area contributed by atoms with E-state index < -0.39 is 30.7 Å². The van der Waals surface area contributed by atoms with Crippen molar-refractivity contribution in [2.75, 3.05) is 13.1 Å². The van der Waals surface area contributed by atoms with Crippen LogP contribution in [0, 0.1) is 0 Å². The molecule has 0 radical (unpaired) electrons. The highest BCUT2D eigenvalue weighted by Gasteiger charge is 2.57. The molecule has 1 N–H and O–H groups in total. The van der Waals surface area contributed by atoms with Gasteiger partial charge in [0.15, 0.2) is 5.60 Å². The van der Waals surface area contributed by atoms with Gasteiger partial charge in [-0.2, -0.15) is 13.2 Å².